The first kappa shape index (κ1) is 29.5. The topological polar surface area (TPSA) is 8.17 Å². The Morgan fingerprint density at radius 3 is 1.94 bits per heavy atom. The third kappa shape index (κ3) is 4.57. The Balaban J connectivity index is 1.23. The molecule has 0 radical (unpaired) electrons. The Kier molecular flexibility index (Phi) is 6.56. The number of para-hydroxylation sites is 2. The number of hydrogen-bond acceptors (Lipinski definition) is 1. The van der Waals surface area contributed by atoms with Crippen LogP contribution in [0, 0.1) is 0 Å². The second kappa shape index (κ2) is 11.3. The van der Waals surface area contributed by atoms with Gasteiger partial charge in [-0.3, -0.25) is 0 Å². The average molecular weight is 653 g/mol. The molecule has 0 fully saturated rings. The van der Waals surface area contributed by atoms with Crippen molar-refractivity contribution in [2.75, 3.05) is 4.90 Å². The molecule has 0 N–H and O–H groups in total. The molecule has 51 heavy (non-hydrogen) atoms. The van der Waals surface area contributed by atoms with Crippen LogP contribution in [0.3, 0.4) is 0 Å². The van der Waals surface area contributed by atoms with Gasteiger partial charge in [0.25, 0.3) is 0 Å². The maximum absolute atomic E-state index is 2.42. The van der Waals surface area contributed by atoms with Gasteiger partial charge in [-0.15, -0.1) is 0 Å². The zero-order valence-corrected chi connectivity index (χ0v) is 28.7. The van der Waals surface area contributed by atoms with Crippen molar-refractivity contribution in [3.63, 3.8) is 0 Å². The number of fused-ring (bicyclic) bond motifs is 7. The minimum Gasteiger partial charge on any atom is -0.310 e. The van der Waals surface area contributed by atoms with Gasteiger partial charge in [-0.25, -0.2) is 0 Å². The predicted molar refractivity (Wildman–Crippen MR) is 216 cm³/mol. The minimum atomic E-state index is -0.0912. The molecule has 0 atom stereocenters. The van der Waals surface area contributed by atoms with Gasteiger partial charge in [0.2, 0.25) is 0 Å². The van der Waals surface area contributed by atoms with Crippen LogP contribution in [0.25, 0.3) is 60.5 Å². The van der Waals surface area contributed by atoms with E-state index in [1.807, 2.05) is 0 Å². The molecule has 2 nitrogen and oxygen atoms in total. The van der Waals surface area contributed by atoms with Crippen molar-refractivity contribution in [3.8, 4) is 27.9 Å². The van der Waals surface area contributed by atoms with E-state index in [1.165, 1.54) is 66.0 Å². The zero-order chi connectivity index (χ0) is 34.1. The molecule has 1 aliphatic carbocycles. The van der Waals surface area contributed by atoms with Crippen molar-refractivity contribution >= 4 is 49.6 Å². The second-order valence-electron chi connectivity index (χ2n) is 14.2. The molecule has 2 heteroatoms. The van der Waals surface area contributed by atoms with Gasteiger partial charge in [-0.05, 0) is 111 Å². The third-order valence-corrected chi connectivity index (χ3v) is 10.9. The maximum Gasteiger partial charge on any atom is 0.0547 e. The maximum atomic E-state index is 2.42. The lowest BCUT2D eigenvalue weighted by molar-refractivity contribution is 0.660. The number of hydrogen-bond donors (Lipinski definition) is 0. The van der Waals surface area contributed by atoms with Crippen molar-refractivity contribution in [2.45, 2.75) is 19.3 Å². The SMILES string of the molecule is CC1(C)c2ccccc2-c2ccc(N(c3ccccc3)c3ccc4c(c3)c3c(-c5ccc6ccccc6c5)cccc3n4-c3ccccc3)cc21. The summed E-state index contributed by atoms with van der Waals surface area (Å²) < 4.78 is 2.42. The van der Waals surface area contributed by atoms with E-state index in [0.29, 0.717) is 0 Å². The van der Waals surface area contributed by atoms with Crippen LogP contribution in [-0.4, -0.2) is 4.57 Å². The van der Waals surface area contributed by atoms with Crippen molar-refractivity contribution in [1.29, 1.82) is 0 Å². The van der Waals surface area contributed by atoms with Gasteiger partial charge in [0.1, 0.15) is 0 Å². The zero-order valence-electron chi connectivity index (χ0n) is 28.7. The first-order valence-electron chi connectivity index (χ1n) is 17.8. The van der Waals surface area contributed by atoms with E-state index in [0.717, 1.165) is 22.7 Å². The fourth-order valence-electron chi connectivity index (χ4n) is 8.51. The Bertz CT molecular complexity index is 2770. The van der Waals surface area contributed by atoms with Crippen LogP contribution in [0.5, 0.6) is 0 Å². The van der Waals surface area contributed by atoms with E-state index < -0.39 is 0 Å². The molecule has 10 rings (SSSR count). The molecule has 0 amide bonds. The van der Waals surface area contributed by atoms with Gasteiger partial charge >= 0.3 is 0 Å². The van der Waals surface area contributed by atoms with Gasteiger partial charge in [0.05, 0.1) is 11.0 Å². The summed E-state index contributed by atoms with van der Waals surface area (Å²) in [7, 11) is 0. The molecule has 0 saturated carbocycles. The predicted octanol–water partition coefficient (Wildman–Crippen LogP) is 13.4. The Morgan fingerprint density at radius 1 is 0.431 bits per heavy atom. The van der Waals surface area contributed by atoms with Gasteiger partial charge in [0.15, 0.2) is 0 Å². The lowest BCUT2D eigenvalue weighted by Crippen LogP contribution is -2.16. The van der Waals surface area contributed by atoms with Gasteiger partial charge in [-0.1, -0.05) is 129 Å². The average Bonchev–Trinajstić information content (AvgIpc) is 3.63. The van der Waals surface area contributed by atoms with E-state index in [4.69, 9.17) is 0 Å². The van der Waals surface area contributed by atoms with Crippen LogP contribution in [0.15, 0.2) is 182 Å². The first-order valence-corrected chi connectivity index (χ1v) is 17.8. The molecule has 0 unspecified atom stereocenters. The highest BCUT2D eigenvalue weighted by Gasteiger charge is 2.35. The highest BCUT2D eigenvalue weighted by Crippen LogP contribution is 2.51. The number of anilines is 3. The third-order valence-electron chi connectivity index (χ3n) is 10.9. The number of benzene rings is 8. The molecule has 0 aliphatic heterocycles. The monoisotopic (exact) mass is 652 g/mol. The van der Waals surface area contributed by atoms with E-state index in [-0.39, 0.29) is 5.41 Å². The number of rotatable bonds is 5. The summed E-state index contributed by atoms with van der Waals surface area (Å²) in [6.45, 7) is 4.71. The van der Waals surface area contributed by atoms with Crippen molar-refractivity contribution in [3.05, 3.63) is 193 Å². The highest BCUT2D eigenvalue weighted by molar-refractivity contribution is 6.17. The Morgan fingerprint density at radius 2 is 1.10 bits per heavy atom. The fourth-order valence-corrected chi connectivity index (χ4v) is 8.51. The normalized spacial score (nSPS) is 13.1. The lowest BCUT2D eigenvalue weighted by Gasteiger charge is -2.28. The lowest BCUT2D eigenvalue weighted by atomic mass is 9.82. The highest BCUT2D eigenvalue weighted by atomic mass is 15.1. The van der Waals surface area contributed by atoms with Crippen molar-refractivity contribution < 1.29 is 0 Å². The molecule has 8 aromatic carbocycles. The van der Waals surface area contributed by atoms with Gasteiger partial charge in [-0.2, -0.15) is 0 Å². The molecule has 9 aromatic rings. The quantitative estimate of drug-likeness (QED) is 0.180. The summed E-state index contributed by atoms with van der Waals surface area (Å²) in [6, 6.07) is 66.7. The molecule has 242 valence electrons. The van der Waals surface area contributed by atoms with Crippen LogP contribution in [0.4, 0.5) is 17.1 Å². The largest absolute Gasteiger partial charge is 0.310 e. The summed E-state index contributed by atoms with van der Waals surface area (Å²) in [4.78, 5) is 2.42. The summed E-state index contributed by atoms with van der Waals surface area (Å²) in [5.74, 6) is 0. The van der Waals surface area contributed by atoms with Crippen molar-refractivity contribution in [2.24, 2.45) is 0 Å². The van der Waals surface area contributed by atoms with Gasteiger partial charge in [0, 0.05) is 38.9 Å². The Hall–Kier alpha value is -6.38. The van der Waals surface area contributed by atoms with Gasteiger partial charge < -0.3 is 9.47 Å². The standard InChI is InChI=1S/C49H36N2/c1-49(2)44-22-12-11-20-41(44)42-28-26-39(32-45(42)49)50(36-16-5-3-6-17-36)38-27-29-46-43(31-38)48-40(35-25-24-33-14-9-10-15-34(33)30-35)21-13-23-47(48)51(46)37-18-7-4-8-19-37/h3-32H,1-2H3. The molecular weight excluding hydrogens is 617 g/mol. The minimum absolute atomic E-state index is 0.0912. The molecule has 1 aromatic heterocycles. The van der Waals surface area contributed by atoms with E-state index in [2.05, 4.69) is 205 Å². The fraction of sp³-hybridized carbons (Fsp3) is 0.0612. The molecule has 0 spiro atoms. The number of nitrogens with zero attached hydrogens (tertiary/aromatic N) is 2. The molecule has 1 aliphatic rings. The number of aromatic nitrogens is 1. The van der Waals surface area contributed by atoms with E-state index in [9.17, 15) is 0 Å². The summed E-state index contributed by atoms with van der Waals surface area (Å²) in [5, 5.41) is 4.98. The van der Waals surface area contributed by atoms with Crippen LogP contribution in [-0.2, 0) is 5.41 Å². The van der Waals surface area contributed by atoms with Crippen LogP contribution >= 0.6 is 0 Å². The summed E-state index contributed by atoms with van der Waals surface area (Å²) >= 11 is 0. The summed E-state index contributed by atoms with van der Waals surface area (Å²) in [5.41, 5.74) is 14.7. The van der Waals surface area contributed by atoms with E-state index >= 15 is 0 Å². The smallest absolute Gasteiger partial charge is 0.0547 e. The van der Waals surface area contributed by atoms with Crippen LogP contribution in [0.1, 0.15) is 25.0 Å². The molecule has 0 bridgehead atoms. The summed E-state index contributed by atoms with van der Waals surface area (Å²) in [6.07, 6.45) is 0. The molecule has 0 saturated heterocycles. The molecule has 1 heterocycles. The van der Waals surface area contributed by atoms with E-state index in [1.54, 1.807) is 0 Å². The van der Waals surface area contributed by atoms with Crippen molar-refractivity contribution in [1.82, 2.24) is 4.57 Å². The molecular formula is C49H36N2. The second-order valence-corrected chi connectivity index (χ2v) is 14.2. The van der Waals surface area contributed by atoms with Crippen LogP contribution < -0.4 is 4.90 Å². The first-order chi connectivity index (χ1) is 25.1. The van der Waals surface area contributed by atoms with Crippen LogP contribution in [0.2, 0.25) is 0 Å². The Labute approximate surface area is 298 Å².